The molecular formula is C75H51N. The number of hydrogen-bond acceptors (Lipinski definition) is 1. The van der Waals surface area contributed by atoms with Crippen LogP contribution < -0.4 is 4.90 Å². The molecule has 1 heteroatoms. The predicted molar refractivity (Wildman–Crippen MR) is 321 cm³/mol. The van der Waals surface area contributed by atoms with E-state index in [1.807, 2.05) is 0 Å². The smallest absolute Gasteiger partial charge is 0.0713 e. The van der Waals surface area contributed by atoms with Crippen LogP contribution in [0.25, 0.3) is 88.3 Å². The van der Waals surface area contributed by atoms with E-state index in [1.165, 1.54) is 82.7 Å². The van der Waals surface area contributed by atoms with E-state index in [0.29, 0.717) is 0 Å². The molecule has 1 nitrogen and oxygen atoms in total. The van der Waals surface area contributed by atoms with E-state index in [2.05, 4.69) is 314 Å². The molecule has 0 saturated heterocycles. The second-order valence-electron chi connectivity index (χ2n) is 19.9. The Labute approximate surface area is 444 Å². The van der Waals surface area contributed by atoms with Gasteiger partial charge >= 0.3 is 0 Å². The fourth-order valence-corrected chi connectivity index (χ4v) is 12.5. The van der Waals surface area contributed by atoms with Crippen molar-refractivity contribution in [3.8, 4) is 66.8 Å². The Kier molecular flexibility index (Phi) is 11.2. The Morgan fingerprint density at radius 3 is 1.22 bits per heavy atom. The Morgan fingerprint density at radius 2 is 0.645 bits per heavy atom. The van der Waals surface area contributed by atoms with Gasteiger partial charge < -0.3 is 4.90 Å². The molecule has 76 heavy (non-hydrogen) atoms. The second-order valence-corrected chi connectivity index (χ2v) is 19.9. The third-order valence-corrected chi connectivity index (χ3v) is 15.7. The highest BCUT2D eigenvalue weighted by Gasteiger charge is 2.46. The zero-order valence-electron chi connectivity index (χ0n) is 41.9. The summed E-state index contributed by atoms with van der Waals surface area (Å²) in [6.45, 7) is 0. The van der Waals surface area contributed by atoms with Gasteiger partial charge in [0.2, 0.25) is 0 Å². The summed E-state index contributed by atoms with van der Waals surface area (Å²) in [5.41, 5.74) is 22.2. The van der Waals surface area contributed by atoms with Gasteiger partial charge in [0.15, 0.2) is 0 Å². The van der Waals surface area contributed by atoms with Gasteiger partial charge in [-0.1, -0.05) is 279 Å². The molecule has 0 unspecified atom stereocenters. The zero-order chi connectivity index (χ0) is 50.4. The lowest BCUT2D eigenvalue weighted by molar-refractivity contribution is 0.768. The van der Waals surface area contributed by atoms with E-state index in [1.54, 1.807) is 0 Å². The van der Waals surface area contributed by atoms with E-state index in [4.69, 9.17) is 0 Å². The van der Waals surface area contributed by atoms with Crippen molar-refractivity contribution < 1.29 is 0 Å². The van der Waals surface area contributed by atoms with Gasteiger partial charge in [-0.3, -0.25) is 0 Å². The summed E-state index contributed by atoms with van der Waals surface area (Å²) in [5, 5.41) is 4.98. The number of hydrogen-bond donors (Lipinski definition) is 0. The van der Waals surface area contributed by atoms with Crippen LogP contribution in [0.15, 0.2) is 309 Å². The Hall–Kier alpha value is -9.82. The van der Waals surface area contributed by atoms with E-state index >= 15 is 0 Å². The molecule has 0 heterocycles. The number of fused-ring (bicyclic) bond motifs is 6. The summed E-state index contributed by atoms with van der Waals surface area (Å²) < 4.78 is 0. The number of benzene rings is 13. The van der Waals surface area contributed by atoms with Crippen LogP contribution in [-0.2, 0) is 5.41 Å². The summed E-state index contributed by atoms with van der Waals surface area (Å²) in [6, 6.07) is 114. The summed E-state index contributed by atoms with van der Waals surface area (Å²) in [6.07, 6.45) is 0. The van der Waals surface area contributed by atoms with Crippen LogP contribution in [0.5, 0.6) is 0 Å². The summed E-state index contributed by atoms with van der Waals surface area (Å²) in [4.78, 5) is 2.51. The first-order valence-corrected chi connectivity index (χ1v) is 26.3. The third kappa shape index (κ3) is 7.39. The summed E-state index contributed by atoms with van der Waals surface area (Å²) in [7, 11) is 0. The molecule has 1 aliphatic carbocycles. The highest BCUT2D eigenvalue weighted by molar-refractivity contribution is 6.22. The zero-order valence-corrected chi connectivity index (χ0v) is 41.9. The molecule has 14 rings (SSSR count). The normalized spacial score (nSPS) is 12.3. The first-order valence-electron chi connectivity index (χ1n) is 26.3. The van der Waals surface area contributed by atoms with Gasteiger partial charge in [0.05, 0.1) is 11.1 Å². The fourth-order valence-electron chi connectivity index (χ4n) is 12.5. The Balaban J connectivity index is 0.996. The first-order chi connectivity index (χ1) is 37.7. The molecule has 0 radical (unpaired) electrons. The van der Waals surface area contributed by atoms with Crippen molar-refractivity contribution in [1.82, 2.24) is 0 Å². The van der Waals surface area contributed by atoms with Gasteiger partial charge in [-0.2, -0.15) is 0 Å². The van der Waals surface area contributed by atoms with Crippen molar-refractivity contribution in [2.45, 2.75) is 5.41 Å². The molecule has 13 aromatic carbocycles. The standard InChI is InChI=1S/C75H51N/c1-7-24-53(25-8-1)62-39-23-40-63(54-26-9-2-10-27-54)74(62)76(61-47-49-71-68(51-61)66-37-21-22-41-70(66)75(71,58-32-15-5-16-33-58)59-34-17-6-18-35-59)60-45-42-52(43-46-60)57-44-48-65-64-36-19-20-38-67(64)72(55-28-11-3-12-29-55)73(69(65)50-57)56-30-13-4-14-31-56/h1-51H. The predicted octanol–water partition coefficient (Wildman–Crippen LogP) is 20.2. The van der Waals surface area contributed by atoms with E-state index in [-0.39, 0.29) is 0 Å². The number of rotatable bonds is 10. The van der Waals surface area contributed by atoms with Crippen LogP contribution in [0.4, 0.5) is 17.1 Å². The van der Waals surface area contributed by atoms with Crippen LogP contribution in [0.2, 0.25) is 0 Å². The highest BCUT2D eigenvalue weighted by Crippen LogP contribution is 2.58. The molecule has 0 saturated carbocycles. The lowest BCUT2D eigenvalue weighted by atomic mass is 9.68. The minimum Gasteiger partial charge on any atom is -0.309 e. The minimum absolute atomic E-state index is 0.509. The SMILES string of the molecule is c1ccc(-c2cccc(-c3ccccc3)c2N(c2ccc(-c3ccc4c(c3)c(-c3ccccc3)c(-c3ccccc3)c3ccccc34)cc2)c2ccc3c(c2)-c2ccccc2C3(c2ccccc2)c2ccccc2)cc1. The molecule has 0 spiro atoms. The monoisotopic (exact) mass is 965 g/mol. The van der Waals surface area contributed by atoms with E-state index in [9.17, 15) is 0 Å². The minimum atomic E-state index is -0.509. The fraction of sp³-hybridized carbons (Fsp3) is 0.0133. The van der Waals surface area contributed by atoms with Crippen LogP contribution in [0.1, 0.15) is 22.3 Å². The number of nitrogens with zero attached hydrogens (tertiary/aromatic N) is 1. The van der Waals surface area contributed by atoms with Crippen LogP contribution >= 0.6 is 0 Å². The molecule has 0 amide bonds. The van der Waals surface area contributed by atoms with Crippen molar-refractivity contribution in [3.05, 3.63) is 332 Å². The van der Waals surface area contributed by atoms with Crippen molar-refractivity contribution >= 4 is 38.6 Å². The quantitative estimate of drug-likeness (QED) is 0.123. The van der Waals surface area contributed by atoms with Gasteiger partial charge in [0.25, 0.3) is 0 Å². The lowest BCUT2D eigenvalue weighted by Gasteiger charge is -2.34. The number of anilines is 3. The topological polar surface area (TPSA) is 3.24 Å². The van der Waals surface area contributed by atoms with Crippen LogP contribution in [0, 0.1) is 0 Å². The molecule has 356 valence electrons. The molecule has 1 aliphatic rings. The molecule has 0 atom stereocenters. The maximum Gasteiger partial charge on any atom is 0.0713 e. The van der Waals surface area contributed by atoms with E-state index in [0.717, 1.165) is 44.9 Å². The maximum atomic E-state index is 2.51. The van der Waals surface area contributed by atoms with Gasteiger partial charge in [-0.05, 0) is 130 Å². The Morgan fingerprint density at radius 1 is 0.224 bits per heavy atom. The summed E-state index contributed by atoms with van der Waals surface area (Å²) in [5.74, 6) is 0. The van der Waals surface area contributed by atoms with Crippen molar-refractivity contribution in [1.29, 1.82) is 0 Å². The molecule has 0 bridgehead atoms. The maximum absolute atomic E-state index is 2.51. The van der Waals surface area contributed by atoms with Crippen molar-refractivity contribution in [2.75, 3.05) is 4.90 Å². The van der Waals surface area contributed by atoms with Gasteiger partial charge in [0.1, 0.15) is 0 Å². The summed E-state index contributed by atoms with van der Waals surface area (Å²) >= 11 is 0. The van der Waals surface area contributed by atoms with Gasteiger partial charge in [0, 0.05) is 22.5 Å². The Bertz CT molecular complexity index is 4130. The molecular weight excluding hydrogens is 915 g/mol. The van der Waals surface area contributed by atoms with Crippen LogP contribution in [0.3, 0.4) is 0 Å². The van der Waals surface area contributed by atoms with Gasteiger partial charge in [-0.15, -0.1) is 0 Å². The highest BCUT2D eigenvalue weighted by atomic mass is 15.1. The average molecular weight is 966 g/mol. The molecule has 13 aromatic rings. The van der Waals surface area contributed by atoms with Crippen LogP contribution in [-0.4, -0.2) is 0 Å². The third-order valence-electron chi connectivity index (χ3n) is 15.7. The second kappa shape index (κ2) is 18.9. The largest absolute Gasteiger partial charge is 0.309 e. The molecule has 0 fully saturated rings. The van der Waals surface area contributed by atoms with Gasteiger partial charge in [-0.25, -0.2) is 0 Å². The lowest BCUT2D eigenvalue weighted by Crippen LogP contribution is -2.28. The molecule has 0 aliphatic heterocycles. The first kappa shape index (κ1) is 44.8. The van der Waals surface area contributed by atoms with Crippen molar-refractivity contribution in [2.24, 2.45) is 0 Å². The molecule has 0 N–H and O–H groups in total. The molecule has 0 aromatic heterocycles. The van der Waals surface area contributed by atoms with Crippen molar-refractivity contribution in [3.63, 3.8) is 0 Å². The number of para-hydroxylation sites is 1. The van der Waals surface area contributed by atoms with E-state index < -0.39 is 5.41 Å². The average Bonchev–Trinajstić information content (AvgIpc) is 3.99.